The summed E-state index contributed by atoms with van der Waals surface area (Å²) in [7, 11) is 0. The molecule has 0 spiro atoms. The van der Waals surface area contributed by atoms with Gasteiger partial charge < -0.3 is 5.73 Å². The van der Waals surface area contributed by atoms with E-state index in [0.717, 1.165) is 0 Å². The van der Waals surface area contributed by atoms with E-state index < -0.39 is 11.4 Å². The highest BCUT2D eigenvalue weighted by Crippen LogP contribution is 2.22. The number of nitrogens with two attached hydrogens (primary N) is 1. The second-order valence-corrected chi connectivity index (χ2v) is 5.34. The fourth-order valence-corrected chi connectivity index (χ4v) is 2.18. The average Bonchev–Trinajstić information content (AvgIpc) is 2.43. The Kier molecular flexibility index (Phi) is 4.21. The first-order valence-electron chi connectivity index (χ1n) is 6.23. The maximum atomic E-state index is 13.7. The Hall–Kier alpha value is -1.71. The highest BCUT2D eigenvalue weighted by molar-refractivity contribution is 6.30. The molecule has 0 bridgehead atoms. The van der Waals surface area contributed by atoms with Crippen molar-refractivity contribution in [3.8, 4) is 0 Å². The van der Waals surface area contributed by atoms with Crippen molar-refractivity contribution in [3.05, 3.63) is 70.5 Å². The van der Waals surface area contributed by atoms with Gasteiger partial charge >= 0.3 is 0 Å². The SMILES string of the molecule is CC(N)(C(=O)Cc1cc(Cl)ccc1F)c1ccccc1. The number of carbonyl (C=O) groups is 1. The number of hydrogen-bond acceptors (Lipinski definition) is 2. The minimum absolute atomic E-state index is 0.0890. The molecule has 2 aromatic carbocycles. The van der Waals surface area contributed by atoms with Crippen LogP contribution in [-0.2, 0) is 16.8 Å². The summed E-state index contributed by atoms with van der Waals surface area (Å²) >= 11 is 5.82. The summed E-state index contributed by atoms with van der Waals surface area (Å²) in [5, 5.41) is 0.396. The van der Waals surface area contributed by atoms with Gasteiger partial charge in [-0.25, -0.2) is 4.39 Å². The highest BCUT2D eigenvalue weighted by Gasteiger charge is 2.30. The molecule has 0 radical (unpaired) electrons. The van der Waals surface area contributed by atoms with Gasteiger partial charge in [-0.2, -0.15) is 0 Å². The van der Waals surface area contributed by atoms with Crippen LogP contribution in [0.4, 0.5) is 4.39 Å². The number of ketones is 1. The van der Waals surface area contributed by atoms with Crippen LogP contribution in [-0.4, -0.2) is 5.78 Å². The quantitative estimate of drug-likeness (QED) is 0.937. The topological polar surface area (TPSA) is 43.1 Å². The summed E-state index contributed by atoms with van der Waals surface area (Å²) in [6.45, 7) is 1.63. The number of hydrogen-bond donors (Lipinski definition) is 1. The molecular formula is C16H15ClFNO. The van der Waals surface area contributed by atoms with Gasteiger partial charge in [0, 0.05) is 11.4 Å². The minimum atomic E-state index is -1.16. The molecule has 2 rings (SSSR count). The molecule has 1 unspecified atom stereocenters. The Morgan fingerprint density at radius 2 is 1.90 bits per heavy atom. The zero-order valence-electron chi connectivity index (χ0n) is 11.1. The van der Waals surface area contributed by atoms with Gasteiger partial charge in [0.2, 0.25) is 0 Å². The highest BCUT2D eigenvalue weighted by atomic mass is 35.5. The third-order valence-corrected chi connectivity index (χ3v) is 3.55. The average molecular weight is 292 g/mol. The van der Waals surface area contributed by atoms with E-state index in [0.29, 0.717) is 10.6 Å². The standard InChI is InChI=1S/C16H15ClFNO/c1-16(19,12-5-3-2-4-6-12)15(20)10-11-9-13(17)7-8-14(11)18/h2-9H,10,19H2,1H3. The predicted octanol–water partition coefficient (Wildman–Crippen LogP) is 3.46. The second-order valence-electron chi connectivity index (χ2n) is 4.90. The van der Waals surface area contributed by atoms with Gasteiger partial charge in [0.25, 0.3) is 0 Å². The Morgan fingerprint density at radius 1 is 1.25 bits per heavy atom. The van der Waals surface area contributed by atoms with Crippen LogP contribution < -0.4 is 5.73 Å². The van der Waals surface area contributed by atoms with Crippen molar-refractivity contribution in [1.82, 2.24) is 0 Å². The van der Waals surface area contributed by atoms with Crippen molar-refractivity contribution >= 4 is 17.4 Å². The van der Waals surface area contributed by atoms with E-state index in [4.69, 9.17) is 17.3 Å². The number of benzene rings is 2. The molecule has 0 heterocycles. The second kappa shape index (κ2) is 5.73. The third-order valence-electron chi connectivity index (χ3n) is 3.31. The lowest BCUT2D eigenvalue weighted by atomic mass is 9.86. The van der Waals surface area contributed by atoms with E-state index in [9.17, 15) is 9.18 Å². The van der Waals surface area contributed by atoms with E-state index in [2.05, 4.69) is 0 Å². The largest absolute Gasteiger partial charge is 0.315 e. The smallest absolute Gasteiger partial charge is 0.161 e. The Balaban J connectivity index is 2.26. The fraction of sp³-hybridized carbons (Fsp3) is 0.188. The third kappa shape index (κ3) is 3.06. The van der Waals surface area contributed by atoms with Crippen LogP contribution in [0, 0.1) is 5.82 Å². The molecule has 2 N–H and O–H groups in total. The van der Waals surface area contributed by atoms with E-state index >= 15 is 0 Å². The van der Waals surface area contributed by atoms with Crippen LogP contribution in [0.3, 0.4) is 0 Å². The van der Waals surface area contributed by atoms with E-state index in [-0.39, 0.29) is 17.8 Å². The van der Waals surface area contributed by atoms with Gasteiger partial charge in [0.05, 0.1) is 5.54 Å². The van der Waals surface area contributed by atoms with Crippen molar-refractivity contribution in [2.45, 2.75) is 18.9 Å². The van der Waals surface area contributed by atoms with Crippen molar-refractivity contribution in [3.63, 3.8) is 0 Å². The molecular weight excluding hydrogens is 277 g/mol. The first-order chi connectivity index (χ1) is 9.41. The minimum Gasteiger partial charge on any atom is -0.315 e. The molecule has 104 valence electrons. The molecule has 4 heteroatoms. The van der Waals surface area contributed by atoms with Gasteiger partial charge in [-0.1, -0.05) is 41.9 Å². The Bertz CT molecular complexity index is 626. The monoisotopic (exact) mass is 291 g/mol. The van der Waals surface area contributed by atoms with Crippen molar-refractivity contribution in [1.29, 1.82) is 0 Å². The molecule has 2 nitrogen and oxygen atoms in total. The van der Waals surface area contributed by atoms with Gasteiger partial charge in [0.1, 0.15) is 5.82 Å². The van der Waals surface area contributed by atoms with Gasteiger partial charge in [-0.3, -0.25) is 4.79 Å². The zero-order valence-corrected chi connectivity index (χ0v) is 11.8. The molecule has 2 aromatic rings. The van der Waals surface area contributed by atoms with E-state index in [1.807, 2.05) is 18.2 Å². The molecule has 20 heavy (non-hydrogen) atoms. The number of carbonyl (C=O) groups excluding carboxylic acids is 1. The number of rotatable bonds is 4. The Labute approximate surface area is 122 Å². The molecule has 0 aliphatic carbocycles. The van der Waals surface area contributed by atoms with Gasteiger partial charge in [0.15, 0.2) is 5.78 Å². The fourth-order valence-electron chi connectivity index (χ4n) is 1.98. The summed E-state index contributed by atoms with van der Waals surface area (Å²) in [6, 6.07) is 13.2. The molecule has 0 saturated heterocycles. The van der Waals surface area contributed by atoms with Gasteiger partial charge in [-0.15, -0.1) is 0 Å². The summed E-state index contributed by atoms with van der Waals surface area (Å²) < 4.78 is 13.7. The normalized spacial score (nSPS) is 13.8. The summed E-state index contributed by atoms with van der Waals surface area (Å²) in [5.74, 6) is -0.712. The molecule has 0 saturated carbocycles. The lowest BCUT2D eigenvalue weighted by Gasteiger charge is -2.23. The zero-order chi connectivity index (χ0) is 14.8. The molecule has 0 amide bonds. The van der Waals surface area contributed by atoms with Crippen LogP contribution in [0.2, 0.25) is 5.02 Å². The van der Waals surface area contributed by atoms with Crippen molar-refractivity contribution < 1.29 is 9.18 Å². The molecule has 0 fully saturated rings. The van der Waals surface area contributed by atoms with Crippen molar-refractivity contribution in [2.24, 2.45) is 5.73 Å². The Morgan fingerprint density at radius 3 is 2.55 bits per heavy atom. The van der Waals surface area contributed by atoms with E-state index in [1.165, 1.54) is 18.2 Å². The maximum absolute atomic E-state index is 13.7. The first kappa shape index (κ1) is 14.7. The summed E-state index contributed by atoms with van der Waals surface area (Å²) in [5.41, 5.74) is 5.92. The molecule has 0 aromatic heterocycles. The van der Waals surface area contributed by atoms with Crippen LogP contribution in [0.5, 0.6) is 0 Å². The number of Topliss-reactive ketones (excluding diaryl/α,β-unsaturated/α-hetero) is 1. The molecule has 0 aliphatic rings. The van der Waals surface area contributed by atoms with Crippen LogP contribution in [0.1, 0.15) is 18.1 Å². The lowest BCUT2D eigenvalue weighted by molar-refractivity contribution is -0.123. The molecule has 1 atom stereocenters. The van der Waals surface area contributed by atoms with Crippen LogP contribution >= 0.6 is 11.6 Å². The maximum Gasteiger partial charge on any atom is 0.161 e. The molecule has 0 aliphatic heterocycles. The lowest BCUT2D eigenvalue weighted by Crippen LogP contribution is -2.42. The van der Waals surface area contributed by atoms with Crippen LogP contribution in [0.15, 0.2) is 48.5 Å². The van der Waals surface area contributed by atoms with Crippen LogP contribution in [0.25, 0.3) is 0 Å². The van der Waals surface area contributed by atoms with E-state index in [1.54, 1.807) is 19.1 Å². The summed E-state index contributed by atoms with van der Waals surface area (Å²) in [6.07, 6.45) is -0.0890. The number of halogens is 2. The van der Waals surface area contributed by atoms with Gasteiger partial charge in [-0.05, 0) is 36.2 Å². The predicted molar refractivity (Wildman–Crippen MR) is 78.1 cm³/mol. The van der Waals surface area contributed by atoms with Crippen molar-refractivity contribution in [2.75, 3.05) is 0 Å². The summed E-state index contributed by atoms with van der Waals surface area (Å²) in [4.78, 5) is 12.4. The first-order valence-corrected chi connectivity index (χ1v) is 6.60.